The lowest BCUT2D eigenvalue weighted by Gasteiger charge is -2.27. The van der Waals surface area contributed by atoms with Crippen LogP contribution in [-0.2, 0) is 9.53 Å². The van der Waals surface area contributed by atoms with E-state index in [4.69, 9.17) is 9.84 Å². The van der Waals surface area contributed by atoms with Crippen LogP contribution in [0.1, 0.15) is 13.3 Å². The second kappa shape index (κ2) is 2.68. The van der Waals surface area contributed by atoms with Crippen molar-refractivity contribution in [1.29, 1.82) is 0 Å². The zero-order valence-electron chi connectivity index (χ0n) is 6.99. The van der Waals surface area contributed by atoms with Crippen LogP contribution >= 0.6 is 0 Å². The van der Waals surface area contributed by atoms with E-state index in [0.29, 0.717) is 6.42 Å². The molecule has 2 aliphatic heterocycles. The summed E-state index contributed by atoms with van der Waals surface area (Å²) in [6.07, 6.45) is 2.24. The van der Waals surface area contributed by atoms with Crippen LogP contribution in [-0.4, -0.2) is 29.7 Å². The molecule has 0 aromatic heterocycles. The van der Waals surface area contributed by atoms with Crippen LogP contribution < -0.4 is 0 Å². The molecule has 0 amide bonds. The smallest absolute Gasteiger partial charge is 0.144 e. The van der Waals surface area contributed by atoms with Crippen molar-refractivity contribution in [2.45, 2.75) is 25.6 Å². The Morgan fingerprint density at radius 3 is 3.17 bits per heavy atom. The Morgan fingerprint density at radius 2 is 2.50 bits per heavy atom. The summed E-state index contributed by atoms with van der Waals surface area (Å²) < 4.78 is 5.51. The fourth-order valence-electron chi connectivity index (χ4n) is 1.96. The number of ether oxygens (including phenoxy) is 1. The van der Waals surface area contributed by atoms with Crippen molar-refractivity contribution >= 4 is 5.78 Å². The predicted molar refractivity (Wildman–Crippen MR) is 42.6 cm³/mol. The number of rotatable bonds is 1. The molecule has 0 aromatic carbocycles. The van der Waals surface area contributed by atoms with E-state index in [1.54, 1.807) is 0 Å². The Hall–Kier alpha value is -0.670. The van der Waals surface area contributed by atoms with E-state index in [9.17, 15) is 4.79 Å². The highest BCUT2D eigenvalue weighted by Gasteiger charge is 2.41. The maximum Gasteiger partial charge on any atom is 0.144 e. The fraction of sp³-hybridized carbons (Fsp3) is 0.667. The molecule has 0 saturated carbocycles. The zero-order valence-corrected chi connectivity index (χ0v) is 6.99. The highest BCUT2D eigenvalue weighted by Crippen LogP contribution is 2.33. The Labute approximate surface area is 71.0 Å². The highest BCUT2D eigenvalue weighted by molar-refractivity contribution is 5.84. The summed E-state index contributed by atoms with van der Waals surface area (Å²) in [5.41, 5.74) is 1.09. The van der Waals surface area contributed by atoms with E-state index in [0.717, 1.165) is 5.57 Å². The lowest BCUT2D eigenvalue weighted by atomic mass is 9.92. The average Bonchev–Trinajstić information content (AvgIpc) is 2.29. The lowest BCUT2D eigenvalue weighted by Crippen LogP contribution is -2.39. The molecule has 2 heterocycles. The molecule has 0 aliphatic carbocycles. The van der Waals surface area contributed by atoms with Gasteiger partial charge in [-0.1, -0.05) is 6.08 Å². The van der Waals surface area contributed by atoms with Crippen LogP contribution in [0.25, 0.3) is 0 Å². The normalized spacial score (nSPS) is 40.0. The molecule has 0 spiro atoms. The second-order valence-electron chi connectivity index (χ2n) is 3.47. The van der Waals surface area contributed by atoms with E-state index in [2.05, 4.69) is 0 Å². The molecular weight excluding hydrogens is 156 g/mol. The predicted octanol–water partition coefficient (Wildman–Crippen LogP) is 0.281. The Bertz CT molecular complexity index is 244. The van der Waals surface area contributed by atoms with Crippen molar-refractivity contribution in [3.8, 4) is 0 Å². The van der Waals surface area contributed by atoms with Crippen molar-refractivity contribution in [2.75, 3.05) is 6.61 Å². The number of carbonyl (C=O) groups excluding carboxylic acids is 1. The quantitative estimate of drug-likeness (QED) is 0.572. The number of aliphatic hydroxyl groups excluding tert-OH is 1. The zero-order chi connectivity index (χ0) is 8.72. The van der Waals surface area contributed by atoms with Crippen LogP contribution in [0.5, 0.6) is 0 Å². The topological polar surface area (TPSA) is 46.5 Å². The molecule has 3 unspecified atom stereocenters. The molecule has 2 rings (SSSR count). The van der Waals surface area contributed by atoms with Crippen LogP contribution in [0.15, 0.2) is 11.6 Å². The van der Waals surface area contributed by atoms with Gasteiger partial charge in [-0.05, 0) is 12.5 Å². The minimum absolute atomic E-state index is 0.0229. The van der Waals surface area contributed by atoms with Gasteiger partial charge in [0.25, 0.3) is 0 Å². The molecule has 3 atom stereocenters. The van der Waals surface area contributed by atoms with Gasteiger partial charge in [0, 0.05) is 6.42 Å². The third kappa shape index (κ3) is 1.01. The van der Waals surface area contributed by atoms with Gasteiger partial charge in [0.05, 0.1) is 24.7 Å². The average molecular weight is 168 g/mol. The summed E-state index contributed by atoms with van der Waals surface area (Å²) in [5.74, 6) is -0.188. The maximum atomic E-state index is 11.4. The number of Topliss-reactive ketones (excluding diaryl/α,β-unsaturated/α-hetero) is 1. The van der Waals surface area contributed by atoms with Gasteiger partial charge >= 0.3 is 0 Å². The standard InChI is InChI=1S/C9H12O3/c1-5-2-6-3-8(11)7(4-10)9(5)12-6/h2,6-7,9-10H,3-4H2,1H3. The Morgan fingerprint density at radius 1 is 1.75 bits per heavy atom. The third-order valence-corrected chi connectivity index (χ3v) is 2.60. The number of hydrogen-bond acceptors (Lipinski definition) is 3. The van der Waals surface area contributed by atoms with Gasteiger partial charge in [-0.2, -0.15) is 0 Å². The van der Waals surface area contributed by atoms with Crippen molar-refractivity contribution in [1.82, 2.24) is 0 Å². The lowest BCUT2D eigenvalue weighted by molar-refractivity contribution is -0.139. The van der Waals surface area contributed by atoms with E-state index >= 15 is 0 Å². The van der Waals surface area contributed by atoms with Crippen LogP contribution in [0.3, 0.4) is 0 Å². The Balaban J connectivity index is 2.25. The number of carbonyl (C=O) groups is 1. The first-order valence-corrected chi connectivity index (χ1v) is 4.19. The Kier molecular flexibility index (Phi) is 1.77. The molecule has 2 aliphatic rings. The summed E-state index contributed by atoms with van der Waals surface area (Å²) in [5, 5.41) is 8.97. The first kappa shape index (κ1) is 7.95. The van der Waals surface area contributed by atoms with Gasteiger partial charge in [-0.15, -0.1) is 0 Å². The van der Waals surface area contributed by atoms with Gasteiger partial charge in [-0.3, -0.25) is 4.79 Å². The summed E-state index contributed by atoms with van der Waals surface area (Å²) in [4.78, 5) is 11.4. The van der Waals surface area contributed by atoms with E-state index in [-0.39, 0.29) is 30.5 Å². The SMILES string of the molecule is CC1=CC2CC(=O)C(CO)C1O2. The number of ketones is 1. The summed E-state index contributed by atoms with van der Waals surface area (Å²) in [7, 11) is 0. The van der Waals surface area contributed by atoms with Crippen LogP contribution in [0.4, 0.5) is 0 Å². The first-order chi connectivity index (χ1) is 5.72. The van der Waals surface area contributed by atoms with Crippen molar-refractivity contribution in [2.24, 2.45) is 5.92 Å². The largest absolute Gasteiger partial charge is 0.396 e. The highest BCUT2D eigenvalue weighted by atomic mass is 16.5. The van der Waals surface area contributed by atoms with E-state index in [1.807, 2.05) is 13.0 Å². The minimum Gasteiger partial charge on any atom is -0.396 e. The van der Waals surface area contributed by atoms with Gasteiger partial charge in [0.1, 0.15) is 5.78 Å². The molecular formula is C9H12O3. The number of hydrogen-bond donors (Lipinski definition) is 1. The van der Waals surface area contributed by atoms with Crippen molar-refractivity contribution in [3.05, 3.63) is 11.6 Å². The number of aliphatic hydroxyl groups is 1. The number of fused-ring (bicyclic) bond motifs is 2. The molecule has 1 saturated heterocycles. The minimum atomic E-state index is -0.319. The molecule has 3 heteroatoms. The van der Waals surface area contributed by atoms with Gasteiger partial charge in [0.15, 0.2) is 0 Å². The van der Waals surface area contributed by atoms with Crippen molar-refractivity contribution in [3.63, 3.8) is 0 Å². The molecule has 0 radical (unpaired) electrons. The molecule has 1 fully saturated rings. The van der Waals surface area contributed by atoms with Crippen LogP contribution in [0.2, 0.25) is 0 Å². The maximum absolute atomic E-state index is 11.4. The molecule has 66 valence electrons. The van der Waals surface area contributed by atoms with Gasteiger partial charge in [-0.25, -0.2) is 0 Å². The first-order valence-electron chi connectivity index (χ1n) is 4.19. The fourth-order valence-corrected chi connectivity index (χ4v) is 1.96. The van der Waals surface area contributed by atoms with E-state index in [1.165, 1.54) is 0 Å². The summed E-state index contributed by atoms with van der Waals surface area (Å²) in [6.45, 7) is 1.85. The van der Waals surface area contributed by atoms with Gasteiger partial charge in [0.2, 0.25) is 0 Å². The molecule has 1 N–H and O–H groups in total. The van der Waals surface area contributed by atoms with E-state index < -0.39 is 0 Å². The molecule has 0 aromatic rings. The second-order valence-corrected chi connectivity index (χ2v) is 3.47. The van der Waals surface area contributed by atoms with Gasteiger partial charge < -0.3 is 9.84 Å². The third-order valence-electron chi connectivity index (χ3n) is 2.60. The molecule has 3 nitrogen and oxygen atoms in total. The summed E-state index contributed by atoms with van der Waals surface area (Å²) in [6, 6.07) is 0. The molecule has 12 heavy (non-hydrogen) atoms. The molecule has 2 bridgehead atoms. The van der Waals surface area contributed by atoms with Crippen LogP contribution in [0, 0.1) is 5.92 Å². The summed E-state index contributed by atoms with van der Waals surface area (Å²) >= 11 is 0. The monoisotopic (exact) mass is 168 g/mol. The van der Waals surface area contributed by atoms with Crippen molar-refractivity contribution < 1.29 is 14.6 Å².